The molecule has 1 atom stereocenters. The number of ketones is 1. The predicted molar refractivity (Wildman–Crippen MR) is 163 cm³/mol. The summed E-state index contributed by atoms with van der Waals surface area (Å²) < 4.78 is 5.87. The lowest BCUT2D eigenvalue weighted by molar-refractivity contribution is -0.113. The summed E-state index contributed by atoms with van der Waals surface area (Å²) in [6.45, 7) is 5.61. The van der Waals surface area contributed by atoms with Gasteiger partial charge in [-0.3, -0.25) is 19.3 Å². The van der Waals surface area contributed by atoms with Crippen LogP contribution >= 0.6 is 11.6 Å². The number of benzene rings is 2. The van der Waals surface area contributed by atoms with E-state index >= 15 is 0 Å². The second-order valence-corrected chi connectivity index (χ2v) is 11.9. The highest BCUT2D eigenvalue weighted by Crippen LogP contribution is 2.33. The highest BCUT2D eigenvalue weighted by molar-refractivity contribution is 6.31. The number of hydrogen-bond donors (Lipinski definition) is 3. The zero-order valence-electron chi connectivity index (χ0n) is 24.4. The summed E-state index contributed by atoms with van der Waals surface area (Å²) in [4.78, 5) is 51.2. The Morgan fingerprint density at radius 1 is 1.14 bits per heavy atom. The molecule has 1 saturated heterocycles. The van der Waals surface area contributed by atoms with Crippen molar-refractivity contribution < 1.29 is 24.2 Å². The maximum atomic E-state index is 13.3. The van der Waals surface area contributed by atoms with Gasteiger partial charge in [-0.15, -0.1) is 0 Å². The number of likely N-dealkylation sites (tertiary alicyclic amines) is 1. The number of imide groups is 1. The van der Waals surface area contributed by atoms with Crippen molar-refractivity contribution >= 4 is 45.8 Å². The Hall–Kier alpha value is -3.99. The van der Waals surface area contributed by atoms with E-state index in [1.807, 2.05) is 33.0 Å². The van der Waals surface area contributed by atoms with Crippen LogP contribution in [0, 0.1) is 13.8 Å². The van der Waals surface area contributed by atoms with Gasteiger partial charge in [-0.25, -0.2) is 4.98 Å². The fourth-order valence-corrected chi connectivity index (χ4v) is 6.13. The van der Waals surface area contributed by atoms with Crippen molar-refractivity contribution in [2.75, 3.05) is 33.3 Å². The first-order valence-electron chi connectivity index (χ1n) is 14.5. The minimum atomic E-state index is -0.875. The predicted octanol–water partition coefficient (Wildman–Crippen LogP) is 3.79. The molecule has 3 heterocycles. The molecule has 1 aliphatic carbocycles. The molecule has 10 nitrogen and oxygen atoms in total. The fraction of sp³-hybridized carbons (Fsp3) is 0.375. The van der Waals surface area contributed by atoms with E-state index in [1.165, 1.54) is 4.90 Å². The van der Waals surface area contributed by atoms with Crippen LogP contribution in [0.3, 0.4) is 0 Å². The lowest BCUT2D eigenvalue weighted by Gasteiger charge is -2.33. The van der Waals surface area contributed by atoms with Crippen LogP contribution in [-0.4, -0.2) is 87.9 Å². The molecule has 0 spiro atoms. The number of hydrogen-bond acceptors (Lipinski definition) is 8. The fourth-order valence-electron chi connectivity index (χ4n) is 5.98. The van der Waals surface area contributed by atoms with Gasteiger partial charge in [-0.1, -0.05) is 23.7 Å². The summed E-state index contributed by atoms with van der Waals surface area (Å²) in [7, 11) is 2.04. The number of aliphatic hydroxyl groups excluding tert-OH is 1. The van der Waals surface area contributed by atoms with Gasteiger partial charge in [0.05, 0.1) is 27.7 Å². The Kier molecular flexibility index (Phi) is 7.85. The van der Waals surface area contributed by atoms with Crippen molar-refractivity contribution in [1.29, 1.82) is 0 Å². The summed E-state index contributed by atoms with van der Waals surface area (Å²) >= 11 is 6.22. The lowest BCUT2D eigenvalue weighted by atomic mass is 10.00. The first-order chi connectivity index (χ1) is 20.6. The third kappa shape index (κ3) is 5.46. The Morgan fingerprint density at radius 3 is 2.60 bits per heavy atom. The van der Waals surface area contributed by atoms with Crippen molar-refractivity contribution in [3.05, 3.63) is 75.2 Å². The number of aromatic amines is 1. The minimum absolute atomic E-state index is 0.0299. The molecule has 11 heteroatoms. The van der Waals surface area contributed by atoms with Gasteiger partial charge in [-0.05, 0) is 76.7 Å². The third-order valence-corrected chi connectivity index (χ3v) is 8.84. The number of allylic oxidation sites excluding steroid dienone is 3. The standard InChI is InChI=1S/C32H34ClN5O5/c1-17-7-8-23(33)18(2)29(17)43-16-20(39)15-34-24-5-4-6-27(40)28(24)30-35-25-13-21-22(14-26(25)36-30)32(42)38(31(21)41)19-9-11-37(3)12-10-19/h4-5,7-8,13-14,19-20,34,39H,6,9-12,15-16H2,1-3H3,(H,35,36)/t20-/m1/s1. The van der Waals surface area contributed by atoms with Crippen molar-refractivity contribution in [3.63, 3.8) is 0 Å². The van der Waals surface area contributed by atoms with Crippen LogP contribution in [0.1, 0.15) is 56.9 Å². The third-order valence-electron chi connectivity index (χ3n) is 8.43. The number of aromatic nitrogens is 2. The molecule has 3 aromatic rings. The van der Waals surface area contributed by atoms with E-state index in [1.54, 1.807) is 24.3 Å². The number of aryl methyl sites for hydroxylation is 1. The van der Waals surface area contributed by atoms with Crippen LogP contribution in [0.4, 0.5) is 0 Å². The van der Waals surface area contributed by atoms with E-state index in [0.717, 1.165) is 37.1 Å². The number of Topliss-reactive ketones (excluding diaryl/α,β-unsaturated/α-hetero) is 1. The monoisotopic (exact) mass is 603 g/mol. The number of carbonyl (C=O) groups is 3. The highest BCUT2D eigenvalue weighted by atomic mass is 35.5. The summed E-state index contributed by atoms with van der Waals surface area (Å²) in [5, 5.41) is 14.4. The molecule has 224 valence electrons. The van der Waals surface area contributed by atoms with Gasteiger partial charge in [0.1, 0.15) is 24.3 Å². The second kappa shape index (κ2) is 11.6. The van der Waals surface area contributed by atoms with Crippen LogP contribution in [0.5, 0.6) is 5.75 Å². The van der Waals surface area contributed by atoms with Gasteiger partial charge in [0.15, 0.2) is 5.78 Å². The molecule has 3 aliphatic rings. The second-order valence-electron chi connectivity index (χ2n) is 11.5. The Labute approximate surface area is 254 Å². The van der Waals surface area contributed by atoms with Gasteiger partial charge >= 0.3 is 0 Å². The molecule has 0 unspecified atom stereocenters. The number of aliphatic hydroxyl groups is 1. The summed E-state index contributed by atoms with van der Waals surface area (Å²) in [5.41, 5.74) is 4.33. The number of ether oxygens (including phenoxy) is 1. The van der Waals surface area contributed by atoms with E-state index in [4.69, 9.17) is 16.3 Å². The van der Waals surface area contributed by atoms with Crippen LogP contribution < -0.4 is 10.1 Å². The largest absolute Gasteiger partial charge is 0.490 e. The number of nitrogens with zero attached hydrogens (tertiary/aromatic N) is 3. The number of nitrogens with one attached hydrogen (secondary N) is 2. The Balaban J connectivity index is 1.20. The summed E-state index contributed by atoms with van der Waals surface area (Å²) in [5.74, 6) is 0.246. The lowest BCUT2D eigenvalue weighted by Crippen LogP contribution is -2.46. The topological polar surface area (TPSA) is 128 Å². The zero-order chi connectivity index (χ0) is 30.4. The first kappa shape index (κ1) is 29.1. The average molecular weight is 604 g/mol. The number of carbonyl (C=O) groups excluding carboxylic acids is 3. The van der Waals surface area contributed by atoms with E-state index in [9.17, 15) is 19.5 Å². The molecule has 2 aromatic carbocycles. The molecule has 0 radical (unpaired) electrons. The number of amides is 2. The highest BCUT2D eigenvalue weighted by Gasteiger charge is 2.41. The van der Waals surface area contributed by atoms with Crippen LogP contribution in [0.25, 0.3) is 16.6 Å². The van der Waals surface area contributed by atoms with E-state index in [0.29, 0.717) is 50.0 Å². The molecule has 0 saturated carbocycles. The Morgan fingerprint density at radius 2 is 1.86 bits per heavy atom. The van der Waals surface area contributed by atoms with Crippen molar-refractivity contribution in [1.82, 2.24) is 25.1 Å². The maximum absolute atomic E-state index is 13.3. The minimum Gasteiger partial charge on any atom is -0.490 e. The van der Waals surface area contributed by atoms with Gasteiger partial charge in [0, 0.05) is 35.3 Å². The van der Waals surface area contributed by atoms with Crippen LogP contribution in [-0.2, 0) is 4.79 Å². The normalized spacial score (nSPS) is 18.6. The van der Waals surface area contributed by atoms with Crippen LogP contribution in [0.2, 0.25) is 5.02 Å². The van der Waals surface area contributed by atoms with E-state index in [2.05, 4.69) is 20.2 Å². The van der Waals surface area contributed by atoms with Gasteiger partial charge in [0.25, 0.3) is 11.8 Å². The molecule has 3 N–H and O–H groups in total. The SMILES string of the molecule is Cc1ccc(Cl)c(C)c1OC[C@H](O)CNC1=C(c2nc3cc4c(cc3[nH]2)C(=O)N(C2CCN(C)CC2)C4=O)C(=O)CC=C1. The van der Waals surface area contributed by atoms with E-state index < -0.39 is 6.10 Å². The van der Waals surface area contributed by atoms with Crippen LogP contribution in [0.15, 0.2) is 42.1 Å². The van der Waals surface area contributed by atoms with Crippen molar-refractivity contribution in [2.45, 2.75) is 45.3 Å². The molecule has 1 aromatic heterocycles. The first-order valence-corrected chi connectivity index (χ1v) is 14.8. The molecule has 0 bridgehead atoms. The average Bonchev–Trinajstić information content (AvgIpc) is 3.50. The molecular weight excluding hydrogens is 570 g/mol. The molecule has 6 rings (SSSR count). The number of piperidine rings is 1. The number of H-pyrrole nitrogens is 1. The summed E-state index contributed by atoms with van der Waals surface area (Å²) in [6, 6.07) is 6.86. The van der Waals surface area contributed by atoms with Gasteiger partial charge in [-0.2, -0.15) is 0 Å². The van der Waals surface area contributed by atoms with Gasteiger partial charge in [0.2, 0.25) is 0 Å². The summed E-state index contributed by atoms with van der Waals surface area (Å²) in [6.07, 6.45) is 4.37. The molecular formula is C32H34ClN5O5. The Bertz CT molecular complexity index is 1650. The van der Waals surface area contributed by atoms with Gasteiger partial charge < -0.3 is 25.0 Å². The number of imidazole rings is 1. The molecule has 2 amide bonds. The van der Waals surface area contributed by atoms with Crippen molar-refractivity contribution in [2.24, 2.45) is 0 Å². The van der Waals surface area contributed by atoms with E-state index in [-0.39, 0.29) is 43.2 Å². The molecule has 43 heavy (non-hydrogen) atoms. The molecule has 1 fully saturated rings. The number of halogens is 1. The zero-order valence-corrected chi connectivity index (χ0v) is 25.1. The number of fused-ring (bicyclic) bond motifs is 2. The molecule has 2 aliphatic heterocycles. The number of rotatable bonds is 8. The maximum Gasteiger partial charge on any atom is 0.261 e. The smallest absolute Gasteiger partial charge is 0.261 e. The van der Waals surface area contributed by atoms with Crippen molar-refractivity contribution in [3.8, 4) is 5.75 Å². The quantitative estimate of drug-likeness (QED) is 0.332.